The summed E-state index contributed by atoms with van der Waals surface area (Å²) in [6, 6.07) is 11.8. The summed E-state index contributed by atoms with van der Waals surface area (Å²) in [7, 11) is 0. The number of nitrogens with one attached hydrogen (secondary N) is 1. The molecule has 1 aromatic carbocycles. The molecule has 2 saturated carbocycles. The summed E-state index contributed by atoms with van der Waals surface area (Å²) < 4.78 is 0. The topological polar surface area (TPSA) is 15.3 Å². The third-order valence-electron chi connectivity index (χ3n) is 5.59. The van der Waals surface area contributed by atoms with Crippen LogP contribution < -0.4 is 5.32 Å². The summed E-state index contributed by atoms with van der Waals surface area (Å²) in [4.78, 5) is 2.78. The second kappa shape index (κ2) is 4.85. The first-order valence-electron chi connectivity index (χ1n) is 8.28. The van der Waals surface area contributed by atoms with Gasteiger partial charge in [0.25, 0.3) is 0 Å². The van der Waals surface area contributed by atoms with E-state index in [4.69, 9.17) is 0 Å². The summed E-state index contributed by atoms with van der Waals surface area (Å²) in [5.41, 5.74) is 1.83. The molecule has 108 valence electrons. The van der Waals surface area contributed by atoms with Gasteiger partial charge in [0, 0.05) is 31.2 Å². The molecule has 4 rings (SSSR count). The van der Waals surface area contributed by atoms with Crippen molar-refractivity contribution in [3.63, 3.8) is 0 Å². The van der Waals surface area contributed by atoms with Crippen LogP contribution in [0.3, 0.4) is 0 Å². The Morgan fingerprint density at radius 2 is 1.90 bits per heavy atom. The second-order valence-corrected chi connectivity index (χ2v) is 7.37. The lowest BCUT2D eigenvalue weighted by Gasteiger charge is -2.47. The van der Waals surface area contributed by atoms with E-state index >= 15 is 0 Å². The van der Waals surface area contributed by atoms with Gasteiger partial charge in [0.05, 0.1) is 0 Å². The summed E-state index contributed by atoms with van der Waals surface area (Å²) in [6.07, 6.45) is 5.74. The first kappa shape index (κ1) is 12.8. The molecule has 0 spiro atoms. The molecule has 0 bridgehead atoms. The van der Waals surface area contributed by atoms with Gasteiger partial charge in [-0.2, -0.15) is 0 Å². The standard InChI is InChI=1S/C18H26N2/c1-18(16-9-10-16)13-20(12-14-5-3-2-4-6-14)17(11-19-18)15-7-8-15/h2-6,15-17,19H,7-13H2,1H3. The highest BCUT2D eigenvalue weighted by Crippen LogP contribution is 2.44. The molecule has 2 aliphatic carbocycles. The van der Waals surface area contributed by atoms with E-state index < -0.39 is 0 Å². The number of benzene rings is 1. The van der Waals surface area contributed by atoms with E-state index in [-0.39, 0.29) is 0 Å². The van der Waals surface area contributed by atoms with Gasteiger partial charge in [-0.15, -0.1) is 0 Å². The number of hydrogen-bond donors (Lipinski definition) is 1. The van der Waals surface area contributed by atoms with Gasteiger partial charge >= 0.3 is 0 Å². The summed E-state index contributed by atoms with van der Waals surface area (Å²) in [6.45, 7) is 6.01. The molecule has 2 atom stereocenters. The van der Waals surface area contributed by atoms with E-state index in [1.807, 2.05) is 0 Å². The van der Waals surface area contributed by atoms with Crippen molar-refractivity contribution < 1.29 is 0 Å². The molecule has 0 radical (unpaired) electrons. The van der Waals surface area contributed by atoms with Crippen LogP contribution in [0.4, 0.5) is 0 Å². The normalized spacial score (nSPS) is 35.1. The molecule has 3 aliphatic rings. The third-order valence-corrected chi connectivity index (χ3v) is 5.59. The molecule has 2 unspecified atom stereocenters. The highest BCUT2D eigenvalue weighted by molar-refractivity contribution is 5.16. The summed E-state index contributed by atoms with van der Waals surface area (Å²) in [5, 5.41) is 3.90. The van der Waals surface area contributed by atoms with Crippen LogP contribution in [0, 0.1) is 11.8 Å². The van der Waals surface area contributed by atoms with Gasteiger partial charge in [0.2, 0.25) is 0 Å². The number of piperazine rings is 1. The Morgan fingerprint density at radius 1 is 1.15 bits per heavy atom. The molecule has 20 heavy (non-hydrogen) atoms. The van der Waals surface area contributed by atoms with Gasteiger partial charge in [-0.1, -0.05) is 30.3 Å². The van der Waals surface area contributed by atoms with Crippen molar-refractivity contribution in [2.45, 2.75) is 50.7 Å². The zero-order chi connectivity index (χ0) is 13.6. The molecule has 1 N–H and O–H groups in total. The van der Waals surface area contributed by atoms with E-state index in [9.17, 15) is 0 Å². The van der Waals surface area contributed by atoms with E-state index in [1.165, 1.54) is 44.3 Å². The molecule has 2 nitrogen and oxygen atoms in total. The molecule has 1 heterocycles. The second-order valence-electron chi connectivity index (χ2n) is 7.37. The van der Waals surface area contributed by atoms with Gasteiger partial charge in [0.15, 0.2) is 0 Å². The monoisotopic (exact) mass is 270 g/mol. The molecule has 3 fully saturated rings. The van der Waals surface area contributed by atoms with Gasteiger partial charge in [-0.25, -0.2) is 0 Å². The zero-order valence-electron chi connectivity index (χ0n) is 12.5. The van der Waals surface area contributed by atoms with Crippen molar-refractivity contribution in [2.24, 2.45) is 11.8 Å². The molecule has 0 aromatic heterocycles. The first-order chi connectivity index (χ1) is 9.74. The van der Waals surface area contributed by atoms with E-state index in [1.54, 1.807) is 0 Å². The first-order valence-corrected chi connectivity index (χ1v) is 8.28. The maximum Gasteiger partial charge on any atom is 0.0309 e. The van der Waals surface area contributed by atoms with Crippen LogP contribution in [0.15, 0.2) is 30.3 Å². The van der Waals surface area contributed by atoms with Crippen molar-refractivity contribution in [3.05, 3.63) is 35.9 Å². The molecular formula is C18H26N2. The highest BCUT2D eigenvalue weighted by atomic mass is 15.3. The van der Waals surface area contributed by atoms with Crippen LogP contribution in [-0.4, -0.2) is 29.6 Å². The fraction of sp³-hybridized carbons (Fsp3) is 0.667. The maximum atomic E-state index is 3.90. The Kier molecular flexibility index (Phi) is 3.12. The minimum absolute atomic E-state index is 0.361. The SMILES string of the molecule is CC1(C2CC2)CN(Cc2ccccc2)C(C2CC2)CN1. The average molecular weight is 270 g/mol. The zero-order valence-corrected chi connectivity index (χ0v) is 12.5. The van der Waals surface area contributed by atoms with Gasteiger partial charge < -0.3 is 5.32 Å². The molecule has 0 amide bonds. The van der Waals surface area contributed by atoms with Crippen molar-refractivity contribution in [1.82, 2.24) is 10.2 Å². The molecule has 2 heteroatoms. The van der Waals surface area contributed by atoms with Crippen LogP contribution in [0.5, 0.6) is 0 Å². The number of nitrogens with zero attached hydrogens (tertiary/aromatic N) is 1. The Hall–Kier alpha value is -0.860. The highest BCUT2D eigenvalue weighted by Gasteiger charge is 2.48. The molecule has 1 aliphatic heterocycles. The number of hydrogen-bond acceptors (Lipinski definition) is 2. The minimum atomic E-state index is 0.361. The molecule has 1 aromatic rings. The summed E-state index contributed by atoms with van der Waals surface area (Å²) >= 11 is 0. The van der Waals surface area contributed by atoms with Gasteiger partial charge in [-0.05, 0) is 50.0 Å². The van der Waals surface area contributed by atoms with Gasteiger partial charge in [0.1, 0.15) is 0 Å². The van der Waals surface area contributed by atoms with Crippen LogP contribution in [-0.2, 0) is 6.54 Å². The third kappa shape index (κ3) is 2.51. The predicted molar refractivity (Wildman–Crippen MR) is 82.5 cm³/mol. The van der Waals surface area contributed by atoms with Crippen molar-refractivity contribution in [3.8, 4) is 0 Å². The van der Waals surface area contributed by atoms with Crippen molar-refractivity contribution in [1.29, 1.82) is 0 Å². The predicted octanol–water partition coefficient (Wildman–Crippen LogP) is 3.04. The van der Waals surface area contributed by atoms with Crippen LogP contribution in [0.1, 0.15) is 38.2 Å². The Balaban J connectivity index is 1.52. The van der Waals surface area contributed by atoms with Crippen LogP contribution in [0.2, 0.25) is 0 Å². The summed E-state index contributed by atoms with van der Waals surface area (Å²) in [5.74, 6) is 1.87. The Labute approximate surface area is 122 Å². The lowest BCUT2D eigenvalue weighted by atomic mass is 9.89. The Bertz CT molecular complexity index is 464. The average Bonchev–Trinajstić information content (AvgIpc) is 3.31. The van der Waals surface area contributed by atoms with E-state index in [2.05, 4.69) is 47.5 Å². The van der Waals surface area contributed by atoms with Crippen LogP contribution >= 0.6 is 0 Å². The Morgan fingerprint density at radius 3 is 2.55 bits per heavy atom. The van der Waals surface area contributed by atoms with E-state index in [0.717, 1.165) is 24.4 Å². The maximum absolute atomic E-state index is 3.90. The lowest BCUT2D eigenvalue weighted by Crippen LogP contribution is -2.64. The lowest BCUT2D eigenvalue weighted by molar-refractivity contribution is 0.0578. The molecule has 1 saturated heterocycles. The van der Waals surface area contributed by atoms with Crippen molar-refractivity contribution in [2.75, 3.05) is 13.1 Å². The van der Waals surface area contributed by atoms with Crippen LogP contribution in [0.25, 0.3) is 0 Å². The fourth-order valence-electron chi connectivity index (χ4n) is 3.99. The molecular weight excluding hydrogens is 244 g/mol. The number of rotatable bonds is 4. The minimum Gasteiger partial charge on any atom is -0.308 e. The van der Waals surface area contributed by atoms with E-state index in [0.29, 0.717) is 5.54 Å². The fourth-order valence-corrected chi connectivity index (χ4v) is 3.99. The van der Waals surface area contributed by atoms with Crippen molar-refractivity contribution >= 4 is 0 Å². The largest absolute Gasteiger partial charge is 0.308 e. The smallest absolute Gasteiger partial charge is 0.0309 e. The quantitative estimate of drug-likeness (QED) is 0.904. The van der Waals surface area contributed by atoms with Gasteiger partial charge in [-0.3, -0.25) is 4.90 Å².